The molecule has 4 N–H and O–H groups in total. The number of H-pyrrole nitrogens is 2. The van der Waals surface area contributed by atoms with Gasteiger partial charge in [-0.25, -0.2) is 37.1 Å². The fourth-order valence-electron chi connectivity index (χ4n) is 12.1. The minimum Gasteiger partial charge on any atom is -0.453 e. The van der Waals surface area contributed by atoms with Gasteiger partial charge in [-0.05, 0) is 101 Å². The molecular weight excluding hydrogens is 1000 g/mol. The average molecular weight is 1080 g/mol. The van der Waals surface area contributed by atoms with Crippen molar-refractivity contribution in [2.45, 2.75) is 134 Å². The third kappa shape index (κ3) is 10.8. The molecule has 0 bridgehead atoms. The number of anilines is 2. The monoisotopic (exact) mass is 1070 g/mol. The zero-order valence-electron chi connectivity index (χ0n) is 45.1. The minimum atomic E-state index is -1.07. The maximum Gasteiger partial charge on any atom is 0.407 e. The fourth-order valence-corrected chi connectivity index (χ4v) is 12.1. The van der Waals surface area contributed by atoms with Crippen molar-refractivity contribution in [3.8, 4) is 0 Å². The molecule has 0 unspecified atom stereocenters. The minimum absolute atomic E-state index is 0.0404. The molecule has 18 nitrogen and oxygen atoms in total. The van der Waals surface area contributed by atoms with Crippen LogP contribution in [0.15, 0.2) is 36.4 Å². The van der Waals surface area contributed by atoms with Crippen molar-refractivity contribution >= 4 is 57.4 Å². The number of halogens is 4. The first-order chi connectivity index (χ1) is 36.7. The van der Waals surface area contributed by atoms with Crippen molar-refractivity contribution < 1.29 is 55.7 Å². The van der Waals surface area contributed by atoms with Gasteiger partial charge in [-0.15, -0.1) is 0 Å². The van der Waals surface area contributed by atoms with E-state index in [1.807, 2.05) is 0 Å². The number of rotatable bonds is 14. The second-order valence-corrected chi connectivity index (χ2v) is 21.9. The lowest BCUT2D eigenvalue weighted by molar-refractivity contribution is -0.138. The molecule has 5 aromatic rings. The summed E-state index contributed by atoms with van der Waals surface area (Å²) in [6, 6.07) is 3.36. The van der Waals surface area contributed by atoms with Crippen LogP contribution in [0.3, 0.4) is 0 Å². The van der Waals surface area contributed by atoms with E-state index in [-0.39, 0.29) is 51.8 Å². The molecule has 4 saturated heterocycles. The maximum atomic E-state index is 17.0. The molecule has 2 aromatic heterocycles. The number of benzene rings is 3. The lowest BCUT2D eigenvalue weighted by Crippen LogP contribution is -2.54. The molecule has 416 valence electrons. The number of aromatic nitrogens is 4. The Morgan fingerprint density at radius 1 is 0.597 bits per heavy atom. The Kier molecular flexibility index (Phi) is 16.0. The van der Waals surface area contributed by atoms with Gasteiger partial charge in [-0.2, -0.15) is 0 Å². The molecule has 4 aliphatic heterocycles. The van der Waals surface area contributed by atoms with Crippen molar-refractivity contribution in [2.75, 3.05) is 64.4 Å². The van der Waals surface area contributed by atoms with Crippen LogP contribution in [0, 0.1) is 34.6 Å². The fraction of sp³-hybridized carbons (Fsp3) is 0.564. The molecule has 8 atom stereocenters. The number of piperidine rings is 1. The van der Waals surface area contributed by atoms with E-state index < -0.39 is 95.7 Å². The number of nitrogens with one attached hydrogen (secondary N) is 4. The lowest BCUT2D eigenvalue weighted by Gasteiger charge is -2.40. The van der Waals surface area contributed by atoms with Crippen LogP contribution < -0.4 is 20.4 Å². The number of imidazole rings is 2. The molecule has 0 aliphatic carbocycles. The SMILES string of the molecule is COC(=O)N[C@H](C(=O)N1CCC[C@H]1c1nc2cc(F)c([C@H]3CC[C@H](c4cc5[nH]c([C@@H]6CCCN6C(=O)[C@@H](NC(=O)OC)[C@@H](C)OC)nc5cc4F)N3c3cc(F)c(N4CCC(C(C)(C)C)CC4)c(F)c3)cc2[nH]1)[C@@H](C)OC. The summed E-state index contributed by atoms with van der Waals surface area (Å²) in [4.78, 5) is 75.4. The van der Waals surface area contributed by atoms with E-state index in [0.717, 1.165) is 12.8 Å². The van der Waals surface area contributed by atoms with Crippen LogP contribution in [0.5, 0.6) is 0 Å². The van der Waals surface area contributed by atoms with Gasteiger partial charge in [-0.1, -0.05) is 20.8 Å². The number of ether oxygens (including phenoxy) is 4. The van der Waals surface area contributed by atoms with Crippen molar-refractivity contribution in [3.05, 3.63) is 82.4 Å². The van der Waals surface area contributed by atoms with Gasteiger partial charge < -0.3 is 59.1 Å². The first-order valence-electron chi connectivity index (χ1n) is 26.5. The summed E-state index contributed by atoms with van der Waals surface area (Å²) in [6.45, 7) is 11.5. The van der Waals surface area contributed by atoms with E-state index in [4.69, 9.17) is 28.9 Å². The van der Waals surface area contributed by atoms with Crippen molar-refractivity contribution in [2.24, 2.45) is 11.3 Å². The number of fused-ring (bicyclic) bond motifs is 2. The lowest BCUT2D eigenvalue weighted by atomic mass is 9.75. The number of carbonyl (C=O) groups is 4. The van der Waals surface area contributed by atoms with Crippen LogP contribution in [-0.2, 0) is 28.5 Å². The smallest absolute Gasteiger partial charge is 0.407 e. The van der Waals surface area contributed by atoms with Crippen LogP contribution >= 0.6 is 0 Å². The van der Waals surface area contributed by atoms with Crippen LogP contribution in [0.1, 0.15) is 133 Å². The number of hydrogen-bond donors (Lipinski definition) is 4. The number of hydrogen-bond acceptors (Lipinski definition) is 12. The number of alkyl carbamates (subject to hydrolysis) is 2. The Hall–Kier alpha value is -6.68. The summed E-state index contributed by atoms with van der Waals surface area (Å²) in [5.74, 6) is -2.50. The van der Waals surface area contributed by atoms with Gasteiger partial charge in [0.2, 0.25) is 11.8 Å². The molecule has 4 fully saturated rings. The number of carbonyl (C=O) groups excluding carboxylic acids is 4. The summed E-state index contributed by atoms with van der Waals surface area (Å²) in [5.41, 5.74) is 1.81. The quantitative estimate of drug-likeness (QED) is 0.0770. The highest BCUT2D eigenvalue weighted by Gasteiger charge is 2.43. The summed E-state index contributed by atoms with van der Waals surface area (Å²) in [5, 5.41) is 5.16. The number of amides is 4. The number of methoxy groups -OCH3 is 4. The highest BCUT2D eigenvalue weighted by atomic mass is 19.1. The first kappa shape index (κ1) is 55.1. The Morgan fingerprint density at radius 2 is 1.03 bits per heavy atom. The zero-order valence-corrected chi connectivity index (χ0v) is 45.1. The van der Waals surface area contributed by atoms with Gasteiger partial charge >= 0.3 is 12.2 Å². The summed E-state index contributed by atoms with van der Waals surface area (Å²) < 4.78 is 87.9. The Labute approximate surface area is 444 Å². The van der Waals surface area contributed by atoms with Gasteiger partial charge in [0.15, 0.2) is 11.6 Å². The molecular formula is C55H70F4N10O8. The third-order valence-corrected chi connectivity index (χ3v) is 16.5. The summed E-state index contributed by atoms with van der Waals surface area (Å²) in [6.07, 6.45) is 1.35. The van der Waals surface area contributed by atoms with E-state index in [9.17, 15) is 19.2 Å². The summed E-state index contributed by atoms with van der Waals surface area (Å²) in [7, 11) is 5.26. The van der Waals surface area contributed by atoms with E-state index in [1.165, 1.54) is 52.7 Å². The van der Waals surface area contributed by atoms with Crippen molar-refractivity contribution in [3.63, 3.8) is 0 Å². The van der Waals surface area contributed by atoms with Crippen molar-refractivity contribution in [1.29, 1.82) is 0 Å². The molecule has 9 rings (SSSR count). The molecule has 22 heteroatoms. The predicted molar refractivity (Wildman–Crippen MR) is 279 cm³/mol. The molecule has 3 aromatic carbocycles. The summed E-state index contributed by atoms with van der Waals surface area (Å²) >= 11 is 0. The van der Waals surface area contributed by atoms with Gasteiger partial charge in [0, 0.05) is 69.3 Å². The van der Waals surface area contributed by atoms with E-state index >= 15 is 17.6 Å². The maximum absolute atomic E-state index is 17.0. The van der Waals surface area contributed by atoms with Crippen LogP contribution in [-0.4, -0.2) is 133 Å². The largest absolute Gasteiger partial charge is 0.453 e. The normalized spacial score (nSPS) is 21.9. The second-order valence-electron chi connectivity index (χ2n) is 21.9. The van der Waals surface area contributed by atoms with Gasteiger partial charge in [0.05, 0.1) is 72.7 Å². The molecule has 4 amide bonds. The Bertz CT molecular complexity index is 2840. The average Bonchev–Trinajstić information content (AvgIpc) is 4.35. The van der Waals surface area contributed by atoms with Crippen LogP contribution in [0.25, 0.3) is 22.1 Å². The van der Waals surface area contributed by atoms with Crippen LogP contribution in [0.4, 0.5) is 38.5 Å². The van der Waals surface area contributed by atoms with E-state index in [2.05, 4.69) is 41.4 Å². The topological polar surface area (TPSA) is 200 Å². The number of likely N-dealkylation sites (tertiary alicyclic amines) is 2. The standard InChI is InChI=1S/C55H70F4N10O8/c1-28(74-6)46(64-53(72)76-8)51(70)67-18-10-12-44(67)49-60-38-24-32(34(56)26-40(38)62-49)42-14-15-43(69(42)31-22-36(58)48(37(59)23-31)66-20-16-30(17-21-66)55(3,4)5)33-25-39-41(27-35(33)57)63-50(61-39)45-13-11-19-68(45)52(71)47(29(2)75-7)65-54(73)77-9/h22-30,42-47H,10-21H2,1-9H3,(H,60,62)(H,61,63)(H,64,72)(H,65,73)/t28-,29-,42-,43-,44+,45+,46+,47+/m1/s1. The van der Waals surface area contributed by atoms with Crippen LogP contribution in [0.2, 0.25) is 0 Å². The molecule has 0 radical (unpaired) electrons. The number of aromatic amines is 2. The molecule has 6 heterocycles. The van der Waals surface area contributed by atoms with Gasteiger partial charge in [0.25, 0.3) is 0 Å². The molecule has 77 heavy (non-hydrogen) atoms. The predicted octanol–water partition coefficient (Wildman–Crippen LogP) is 9.19. The molecule has 4 aliphatic rings. The molecule has 0 saturated carbocycles. The third-order valence-electron chi connectivity index (χ3n) is 16.5. The number of nitrogens with zero attached hydrogens (tertiary/aromatic N) is 6. The van der Waals surface area contributed by atoms with Crippen molar-refractivity contribution in [1.82, 2.24) is 40.4 Å². The van der Waals surface area contributed by atoms with Gasteiger partial charge in [-0.3, -0.25) is 9.59 Å². The Morgan fingerprint density at radius 3 is 1.42 bits per heavy atom. The van der Waals surface area contributed by atoms with E-state index in [1.54, 1.807) is 45.6 Å². The Balaban J connectivity index is 1.07. The van der Waals surface area contributed by atoms with E-state index in [0.29, 0.717) is 80.5 Å². The van der Waals surface area contributed by atoms with Gasteiger partial charge in [0.1, 0.15) is 41.1 Å². The zero-order chi connectivity index (χ0) is 55.2. The second kappa shape index (κ2) is 22.4. The highest BCUT2D eigenvalue weighted by molar-refractivity contribution is 5.88. The first-order valence-corrected chi connectivity index (χ1v) is 26.5. The molecule has 0 spiro atoms. The highest BCUT2D eigenvalue weighted by Crippen LogP contribution is 2.50.